The minimum Gasteiger partial charge on any atom is -0.349 e. The van der Waals surface area contributed by atoms with Crippen LogP contribution in [0, 0.1) is 0 Å². The van der Waals surface area contributed by atoms with Gasteiger partial charge in [-0.25, -0.2) is 4.68 Å². The SMILES string of the molecule is CCC(C)n1cc(CNC(=O)CN)nn1. The Labute approximate surface area is 88.8 Å². The quantitative estimate of drug-likeness (QED) is 0.707. The molecule has 1 aromatic rings. The first-order chi connectivity index (χ1) is 7.17. The van der Waals surface area contributed by atoms with Crippen LogP contribution < -0.4 is 11.1 Å². The third-order valence-electron chi connectivity index (χ3n) is 2.25. The molecule has 0 spiro atoms. The van der Waals surface area contributed by atoms with Gasteiger partial charge < -0.3 is 11.1 Å². The highest BCUT2D eigenvalue weighted by Crippen LogP contribution is 2.07. The average molecular weight is 211 g/mol. The molecule has 6 nitrogen and oxygen atoms in total. The van der Waals surface area contributed by atoms with Gasteiger partial charge in [-0.2, -0.15) is 0 Å². The molecule has 1 amide bonds. The van der Waals surface area contributed by atoms with Crippen LogP contribution in [-0.2, 0) is 11.3 Å². The van der Waals surface area contributed by atoms with E-state index >= 15 is 0 Å². The standard InChI is InChI=1S/C9H17N5O/c1-3-7(2)14-6-8(12-13-14)5-11-9(15)4-10/h6-7H,3-5,10H2,1-2H3,(H,11,15). The van der Waals surface area contributed by atoms with Crippen molar-refractivity contribution >= 4 is 5.91 Å². The molecule has 1 heterocycles. The molecule has 1 aromatic heterocycles. The summed E-state index contributed by atoms with van der Waals surface area (Å²) < 4.78 is 1.80. The highest BCUT2D eigenvalue weighted by Gasteiger charge is 2.06. The first-order valence-electron chi connectivity index (χ1n) is 5.04. The molecule has 84 valence electrons. The fourth-order valence-electron chi connectivity index (χ4n) is 1.06. The lowest BCUT2D eigenvalue weighted by molar-refractivity contribution is -0.119. The molecule has 1 unspecified atom stereocenters. The molecule has 0 aliphatic carbocycles. The minimum absolute atomic E-state index is 0.000496. The Bertz CT molecular complexity index is 322. The maximum atomic E-state index is 10.9. The Hall–Kier alpha value is -1.43. The van der Waals surface area contributed by atoms with E-state index in [0.717, 1.165) is 12.1 Å². The lowest BCUT2D eigenvalue weighted by Gasteiger charge is -2.06. The maximum Gasteiger partial charge on any atom is 0.234 e. The van der Waals surface area contributed by atoms with E-state index in [0.29, 0.717) is 12.6 Å². The molecular weight excluding hydrogens is 194 g/mol. The van der Waals surface area contributed by atoms with Crippen LogP contribution in [0.15, 0.2) is 6.20 Å². The van der Waals surface area contributed by atoms with E-state index < -0.39 is 0 Å². The van der Waals surface area contributed by atoms with Crippen LogP contribution in [0.25, 0.3) is 0 Å². The van der Waals surface area contributed by atoms with Crippen molar-refractivity contribution in [3.8, 4) is 0 Å². The van der Waals surface area contributed by atoms with Gasteiger partial charge in [0, 0.05) is 0 Å². The number of hydrogen-bond acceptors (Lipinski definition) is 4. The summed E-state index contributed by atoms with van der Waals surface area (Å²) >= 11 is 0. The fraction of sp³-hybridized carbons (Fsp3) is 0.667. The first-order valence-corrected chi connectivity index (χ1v) is 5.04. The van der Waals surface area contributed by atoms with Gasteiger partial charge in [0.05, 0.1) is 25.3 Å². The van der Waals surface area contributed by atoms with Crippen LogP contribution in [0.3, 0.4) is 0 Å². The van der Waals surface area contributed by atoms with Crippen molar-refractivity contribution in [2.24, 2.45) is 5.73 Å². The number of aromatic nitrogens is 3. The number of nitrogens with two attached hydrogens (primary N) is 1. The van der Waals surface area contributed by atoms with Crippen LogP contribution in [0.1, 0.15) is 32.0 Å². The predicted octanol–water partition coefficient (Wildman–Crippen LogP) is -0.176. The summed E-state index contributed by atoms with van der Waals surface area (Å²) in [7, 11) is 0. The van der Waals surface area contributed by atoms with Gasteiger partial charge in [-0.1, -0.05) is 12.1 Å². The Balaban J connectivity index is 2.49. The van der Waals surface area contributed by atoms with E-state index in [1.54, 1.807) is 4.68 Å². The number of carbonyl (C=O) groups excluding carboxylic acids is 1. The molecule has 6 heteroatoms. The number of carbonyl (C=O) groups is 1. The summed E-state index contributed by atoms with van der Waals surface area (Å²) in [4.78, 5) is 10.9. The Morgan fingerprint density at radius 2 is 2.47 bits per heavy atom. The Morgan fingerprint density at radius 3 is 3.07 bits per heavy atom. The van der Waals surface area contributed by atoms with E-state index in [1.807, 2.05) is 6.20 Å². The Morgan fingerprint density at radius 1 is 1.73 bits per heavy atom. The third kappa shape index (κ3) is 3.32. The molecule has 0 saturated carbocycles. The molecular formula is C9H17N5O. The number of nitrogens with one attached hydrogen (secondary N) is 1. The molecule has 3 N–H and O–H groups in total. The summed E-state index contributed by atoms with van der Waals surface area (Å²) in [5.74, 6) is -0.187. The van der Waals surface area contributed by atoms with E-state index in [2.05, 4.69) is 29.5 Å². The van der Waals surface area contributed by atoms with Gasteiger partial charge in [-0.3, -0.25) is 4.79 Å². The highest BCUT2D eigenvalue weighted by atomic mass is 16.1. The van der Waals surface area contributed by atoms with Gasteiger partial charge in [-0.15, -0.1) is 5.10 Å². The lowest BCUT2D eigenvalue weighted by atomic mass is 10.3. The highest BCUT2D eigenvalue weighted by molar-refractivity contribution is 5.77. The zero-order valence-electron chi connectivity index (χ0n) is 9.10. The molecule has 1 atom stereocenters. The topological polar surface area (TPSA) is 85.8 Å². The number of rotatable bonds is 5. The number of nitrogens with zero attached hydrogens (tertiary/aromatic N) is 3. The third-order valence-corrected chi connectivity index (χ3v) is 2.25. The first kappa shape index (κ1) is 11.6. The normalized spacial score (nSPS) is 12.5. The number of hydrogen-bond donors (Lipinski definition) is 2. The second-order valence-electron chi connectivity index (χ2n) is 3.43. The van der Waals surface area contributed by atoms with Crippen LogP contribution in [0.5, 0.6) is 0 Å². The van der Waals surface area contributed by atoms with Crippen LogP contribution >= 0.6 is 0 Å². The second kappa shape index (κ2) is 5.45. The van der Waals surface area contributed by atoms with Crippen LogP contribution in [0.2, 0.25) is 0 Å². The summed E-state index contributed by atoms with van der Waals surface area (Å²) in [5, 5.41) is 10.6. The van der Waals surface area contributed by atoms with Crippen molar-refractivity contribution in [3.05, 3.63) is 11.9 Å². The van der Waals surface area contributed by atoms with Crippen molar-refractivity contribution in [2.75, 3.05) is 6.54 Å². The molecule has 0 aromatic carbocycles. The van der Waals surface area contributed by atoms with E-state index in [1.165, 1.54) is 0 Å². The molecule has 0 saturated heterocycles. The summed E-state index contributed by atoms with van der Waals surface area (Å²) in [6, 6.07) is 0.330. The van der Waals surface area contributed by atoms with E-state index in [4.69, 9.17) is 5.73 Å². The summed E-state index contributed by atoms with van der Waals surface area (Å²) in [6.45, 7) is 4.53. The van der Waals surface area contributed by atoms with Crippen LogP contribution in [-0.4, -0.2) is 27.4 Å². The van der Waals surface area contributed by atoms with Gasteiger partial charge >= 0.3 is 0 Å². The number of amides is 1. The van der Waals surface area contributed by atoms with Gasteiger partial charge in [0.15, 0.2) is 0 Å². The molecule has 15 heavy (non-hydrogen) atoms. The van der Waals surface area contributed by atoms with Gasteiger partial charge in [-0.05, 0) is 13.3 Å². The van der Waals surface area contributed by atoms with Crippen molar-refractivity contribution < 1.29 is 4.79 Å². The fourth-order valence-corrected chi connectivity index (χ4v) is 1.06. The predicted molar refractivity (Wildman–Crippen MR) is 55.9 cm³/mol. The lowest BCUT2D eigenvalue weighted by Crippen LogP contribution is -2.29. The average Bonchev–Trinajstić information content (AvgIpc) is 2.73. The van der Waals surface area contributed by atoms with Gasteiger partial charge in [0.1, 0.15) is 5.69 Å². The smallest absolute Gasteiger partial charge is 0.234 e. The van der Waals surface area contributed by atoms with Crippen molar-refractivity contribution in [2.45, 2.75) is 32.9 Å². The van der Waals surface area contributed by atoms with Crippen LogP contribution in [0.4, 0.5) is 0 Å². The zero-order chi connectivity index (χ0) is 11.3. The van der Waals surface area contributed by atoms with Crippen molar-refractivity contribution in [1.29, 1.82) is 0 Å². The summed E-state index contributed by atoms with van der Waals surface area (Å²) in [5.41, 5.74) is 5.91. The van der Waals surface area contributed by atoms with Gasteiger partial charge in [0.25, 0.3) is 0 Å². The molecule has 0 radical (unpaired) electrons. The summed E-state index contributed by atoms with van der Waals surface area (Å²) in [6.07, 6.45) is 2.84. The monoisotopic (exact) mass is 211 g/mol. The zero-order valence-corrected chi connectivity index (χ0v) is 9.10. The van der Waals surface area contributed by atoms with Gasteiger partial charge in [0.2, 0.25) is 5.91 Å². The molecule has 1 rings (SSSR count). The minimum atomic E-state index is -0.187. The van der Waals surface area contributed by atoms with E-state index in [9.17, 15) is 4.79 Å². The molecule has 0 aliphatic heterocycles. The van der Waals surface area contributed by atoms with E-state index in [-0.39, 0.29) is 12.5 Å². The largest absolute Gasteiger partial charge is 0.349 e. The molecule has 0 fully saturated rings. The maximum absolute atomic E-state index is 10.9. The Kier molecular flexibility index (Phi) is 4.23. The molecule has 0 bridgehead atoms. The van der Waals surface area contributed by atoms with Crippen molar-refractivity contribution in [3.63, 3.8) is 0 Å². The molecule has 0 aliphatic rings. The van der Waals surface area contributed by atoms with Crippen molar-refractivity contribution in [1.82, 2.24) is 20.3 Å². The second-order valence-corrected chi connectivity index (χ2v) is 3.43.